The quantitative estimate of drug-likeness (QED) is 0.886. The van der Waals surface area contributed by atoms with Crippen molar-refractivity contribution in [3.63, 3.8) is 0 Å². The molecule has 1 aromatic carbocycles. The van der Waals surface area contributed by atoms with Crippen molar-refractivity contribution in [2.45, 2.75) is 12.3 Å². The van der Waals surface area contributed by atoms with E-state index in [1.807, 2.05) is 0 Å². The molecule has 2 rings (SSSR count). The highest BCUT2D eigenvalue weighted by atomic mass is 19.4. The maximum absolute atomic E-state index is 12.0. The van der Waals surface area contributed by atoms with Crippen LogP contribution in [-0.4, -0.2) is 44.5 Å². The molecule has 0 aromatic heterocycles. The second-order valence-corrected chi connectivity index (χ2v) is 4.48. The highest BCUT2D eigenvalue weighted by molar-refractivity contribution is 5.94. The van der Waals surface area contributed by atoms with Gasteiger partial charge in [-0.3, -0.25) is 4.79 Å². The van der Waals surface area contributed by atoms with E-state index in [0.29, 0.717) is 25.4 Å². The molecule has 1 aliphatic heterocycles. The molecule has 0 radical (unpaired) electrons. The minimum absolute atomic E-state index is 0.0842. The first kappa shape index (κ1) is 15.6. The third-order valence-electron chi connectivity index (χ3n) is 2.74. The molecule has 0 saturated carbocycles. The van der Waals surface area contributed by atoms with Gasteiger partial charge >= 0.3 is 6.18 Å². The van der Waals surface area contributed by atoms with Crippen molar-refractivity contribution in [2.75, 3.05) is 31.6 Å². The van der Waals surface area contributed by atoms with Crippen LogP contribution in [0.3, 0.4) is 0 Å². The van der Waals surface area contributed by atoms with Gasteiger partial charge in [0.15, 0.2) is 6.61 Å². The van der Waals surface area contributed by atoms with Gasteiger partial charge in [0.1, 0.15) is 11.9 Å². The molecule has 116 valence electrons. The van der Waals surface area contributed by atoms with Gasteiger partial charge in [0.25, 0.3) is 5.91 Å². The second kappa shape index (κ2) is 6.77. The van der Waals surface area contributed by atoms with E-state index in [4.69, 9.17) is 4.74 Å². The highest BCUT2D eigenvalue weighted by Crippen LogP contribution is 2.20. The van der Waals surface area contributed by atoms with Crippen LogP contribution in [0.2, 0.25) is 0 Å². The summed E-state index contributed by atoms with van der Waals surface area (Å²) in [6.45, 7) is 0.246. The van der Waals surface area contributed by atoms with Gasteiger partial charge in [0, 0.05) is 18.8 Å². The summed E-state index contributed by atoms with van der Waals surface area (Å²) in [5, 5.41) is 5.66. The fourth-order valence-electron chi connectivity index (χ4n) is 1.76. The number of carbonyl (C=O) groups is 1. The zero-order valence-electron chi connectivity index (χ0n) is 11.1. The van der Waals surface area contributed by atoms with Crippen molar-refractivity contribution in [3.8, 4) is 5.75 Å². The molecule has 0 bridgehead atoms. The maximum Gasteiger partial charge on any atom is 0.422 e. The molecule has 8 heteroatoms. The number of carbonyl (C=O) groups excluding carboxylic acids is 1. The number of ether oxygens (including phenoxy) is 2. The SMILES string of the molecule is O=C(Nc1ccc(OCC(F)(F)F)cc1)C1CNCCO1. The number of hydrogen-bond acceptors (Lipinski definition) is 4. The molecule has 1 atom stereocenters. The molecule has 2 N–H and O–H groups in total. The summed E-state index contributed by atoms with van der Waals surface area (Å²) in [6, 6.07) is 5.67. The number of morpholine rings is 1. The Balaban J connectivity index is 1.85. The van der Waals surface area contributed by atoms with E-state index >= 15 is 0 Å². The van der Waals surface area contributed by atoms with Gasteiger partial charge in [-0.15, -0.1) is 0 Å². The molecule has 1 amide bonds. The zero-order valence-corrected chi connectivity index (χ0v) is 11.1. The van der Waals surface area contributed by atoms with E-state index in [0.717, 1.165) is 0 Å². The standard InChI is InChI=1S/C13H15F3N2O3/c14-13(15,16)8-21-10-3-1-9(2-4-10)18-12(19)11-7-17-5-6-20-11/h1-4,11,17H,5-8H2,(H,18,19). The molecule has 21 heavy (non-hydrogen) atoms. The van der Waals surface area contributed by atoms with E-state index in [-0.39, 0.29) is 11.7 Å². The van der Waals surface area contributed by atoms with Crippen LogP contribution in [-0.2, 0) is 9.53 Å². The molecular weight excluding hydrogens is 289 g/mol. The van der Waals surface area contributed by atoms with Crippen LogP contribution in [0, 0.1) is 0 Å². The van der Waals surface area contributed by atoms with E-state index < -0.39 is 18.9 Å². The lowest BCUT2D eigenvalue weighted by Crippen LogP contribution is -2.45. The predicted molar refractivity (Wildman–Crippen MR) is 69.2 cm³/mol. The molecule has 1 saturated heterocycles. The average Bonchev–Trinajstić information content (AvgIpc) is 2.46. The Hall–Kier alpha value is -1.80. The van der Waals surface area contributed by atoms with Gasteiger partial charge in [-0.1, -0.05) is 0 Å². The molecule has 5 nitrogen and oxygen atoms in total. The van der Waals surface area contributed by atoms with Gasteiger partial charge in [-0.2, -0.15) is 13.2 Å². The molecule has 1 unspecified atom stereocenters. The number of rotatable bonds is 4. The molecular formula is C13H15F3N2O3. The molecule has 1 heterocycles. The number of halogens is 3. The van der Waals surface area contributed by atoms with Gasteiger partial charge in [-0.05, 0) is 24.3 Å². The first-order chi connectivity index (χ1) is 9.94. The highest BCUT2D eigenvalue weighted by Gasteiger charge is 2.28. The minimum atomic E-state index is -4.38. The number of benzene rings is 1. The van der Waals surface area contributed by atoms with Crippen LogP contribution in [0.5, 0.6) is 5.75 Å². The fourth-order valence-corrected chi connectivity index (χ4v) is 1.76. The normalized spacial score (nSPS) is 19.1. The van der Waals surface area contributed by atoms with Crippen molar-refractivity contribution in [1.29, 1.82) is 0 Å². The molecule has 0 aliphatic carbocycles. The Bertz CT molecular complexity index is 471. The Morgan fingerprint density at radius 3 is 2.67 bits per heavy atom. The monoisotopic (exact) mass is 304 g/mol. The molecule has 1 aromatic rings. The lowest BCUT2D eigenvalue weighted by atomic mass is 10.2. The zero-order chi connectivity index (χ0) is 15.3. The first-order valence-electron chi connectivity index (χ1n) is 6.37. The Morgan fingerprint density at radius 2 is 2.10 bits per heavy atom. The first-order valence-corrected chi connectivity index (χ1v) is 6.37. The summed E-state index contributed by atoms with van der Waals surface area (Å²) in [6.07, 6.45) is -4.95. The number of hydrogen-bond donors (Lipinski definition) is 2. The van der Waals surface area contributed by atoms with E-state index in [9.17, 15) is 18.0 Å². The third-order valence-corrected chi connectivity index (χ3v) is 2.74. The summed E-state index contributed by atoms with van der Waals surface area (Å²) in [5.74, 6) is -0.216. The second-order valence-electron chi connectivity index (χ2n) is 4.48. The van der Waals surface area contributed by atoms with Crippen molar-refractivity contribution < 1.29 is 27.4 Å². The summed E-state index contributed by atoms with van der Waals surface area (Å²) in [7, 11) is 0. The average molecular weight is 304 g/mol. The maximum atomic E-state index is 12.0. The Morgan fingerprint density at radius 1 is 1.38 bits per heavy atom. The largest absolute Gasteiger partial charge is 0.484 e. The molecule has 1 fully saturated rings. The molecule has 0 spiro atoms. The van der Waals surface area contributed by atoms with Crippen molar-refractivity contribution >= 4 is 11.6 Å². The van der Waals surface area contributed by atoms with Gasteiger partial charge in [-0.25, -0.2) is 0 Å². The topological polar surface area (TPSA) is 59.6 Å². The number of amides is 1. The van der Waals surface area contributed by atoms with E-state index in [2.05, 4.69) is 15.4 Å². The fraction of sp³-hybridized carbons (Fsp3) is 0.462. The minimum Gasteiger partial charge on any atom is -0.484 e. The number of nitrogens with one attached hydrogen (secondary N) is 2. The molecule has 1 aliphatic rings. The van der Waals surface area contributed by atoms with Gasteiger partial charge in [0.05, 0.1) is 6.61 Å². The predicted octanol–water partition coefficient (Wildman–Crippen LogP) is 1.55. The van der Waals surface area contributed by atoms with Crippen LogP contribution < -0.4 is 15.4 Å². The number of alkyl halides is 3. The van der Waals surface area contributed by atoms with Gasteiger partial charge < -0.3 is 20.1 Å². The van der Waals surface area contributed by atoms with Crippen molar-refractivity contribution in [1.82, 2.24) is 5.32 Å². The summed E-state index contributed by atoms with van der Waals surface area (Å²) < 4.78 is 45.9. The number of anilines is 1. The van der Waals surface area contributed by atoms with E-state index in [1.54, 1.807) is 0 Å². The van der Waals surface area contributed by atoms with E-state index in [1.165, 1.54) is 24.3 Å². The summed E-state index contributed by atoms with van der Waals surface area (Å²) in [5.41, 5.74) is 0.466. The van der Waals surface area contributed by atoms with Gasteiger partial charge in [0.2, 0.25) is 0 Å². The van der Waals surface area contributed by atoms with Crippen molar-refractivity contribution in [2.24, 2.45) is 0 Å². The summed E-state index contributed by atoms with van der Waals surface area (Å²) in [4.78, 5) is 11.9. The third kappa shape index (κ3) is 5.24. The van der Waals surface area contributed by atoms with Crippen LogP contribution in [0.1, 0.15) is 0 Å². The summed E-state index contributed by atoms with van der Waals surface area (Å²) >= 11 is 0. The smallest absolute Gasteiger partial charge is 0.422 e. The Labute approximate surface area is 119 Å². The lowest BCUT2D eigenvalue weighted by Gasteiger charge is -2.22. The van der Waals surface area contributed by atoms with Crippen LogP contribution >= 0.6 is 0 Å². The Kier molecular flexibility index (Phi) is 5.03. The van der Waals surface area contributed by atoms with Crippen LogP contribution in [0.15, 0.2) is 24.3 Å². The lowest BCUT2D eigenvalue weighted by molar-refractivity contribution is -0.153. The van der Waals surface area contributed by atoms with Crippen molar-refractivity contribution in [3.05, 3.63) is 24.3 Å². The van der Waals surface area contributed by atoms with Crippen LogP contribution in [0.25, 0.3) is 0 Å². The van der Waals surface area contributed by atoms with Crippen LogP contribution in [0.4, 0.5) is 18.9 Å².